The second kappa shape index (κ2) is 7.03. The Hall–Kier alpha value is -3.09. The Labute approximate surface area is 151 Å². The lowest BCUT2D eigenvalue weighted by Crippen LogP contribution is -2.38. The molecule has 7 nitrogen and oxygen atoms in total. The molecule has 1 aliphatic heterocycles. The molecule has 1 saturated heterocycles. The summed E-state index contributed by atoms with van der Waals surface area (Å²) < 4.78 is 0. The monoisotopic (exact) mass is 348 g/mol. The number of hydrogen-bond donors (Lipinski definition) is 0. The first-order valence-electron chi connectivity index (χ1n) is 8.76. The van der Waals surface area contributed by atoms with Crippen LogP contribution < -0.4 is 0 Å². The Morgan fingerprint density at radius 3 is 2.85 bits per heavy atom. The molecule has 1 aromatic carbocycles. The lowest BCUT2D eigenvalue weighted by atomic mass is 10.1. The second-order valence-electron chi connectivity index (χ2n) is 6.57. The molecular weight excluding hydrogens is 328 g/mol. The Morgan fingerprint density at radius 2 is 2.08 bits per heavy atom. The van der Waals surface area contributed by atoms with Crippen LogP contribution in [0.5, 0.6) is 0 Å². The van der Waals surface area contributed by atoms with Crippen LogP contribution in [0.3, 0.4) is 0 Å². The average molecular weight is 348 g/mol. The van der Waals surface area contributed by atoms with E-state index >= 15 is 0 Å². The van der Waals surface area contributed by atoms with E-state index in [9.17, 15) is 4.79 Å². The first-order chi connectivity index (χ1) is 12.7. The van der Waals surface area contributed by atoms with Crippen molar-refractivity contribution in [1.29, 1.82) is 0 Å². The van der Waals surface area contributed by atoms with Crippen molar-refractivity contribution in [2.24, 2.45) is 0 Å². The number of aryl methyl sites for hydroxylation is 1. The molecule has 0 radical (unpaired) electrons. The third-order valence-corrected chi connectivity index (χ3v) is 4.68. The van der Waals surface area contributed by atoms with Crippen molar-refractivity contribution in [1.82, 2.24) is 30.1 Å². The van der Waals surface area contributed by atoms with Crippen LogP contribution in [0, 0.1) is 6.92 Å². The van der Waals surface area contributed by atoms with Gasteiger partial charge in [-0.25, -0.2) is 0 Å². The number of nitrogens with zero attached hydrogens (tertiary/aromatic N) is 6. The van der Waals surface area contributed by atoms with E-state index in [-0.39, 0.29) is 11.9 Å². The van der Waals surface area contributed by atoms with Gasteiger partial charge in [0.1, 0.15) is 0 Å². The van der Waals surface area contributed by atoms with Gasteiger partial charge in [0.05, 0.1) is 12.6 Å². The van der Waals surface area contributed by atoms with Crippen molar-refractivity contribution in [3.8, 4) is 11.4 Å². The Morgan fingerprint density at radius 1 is 1.23 bits per heavy atom. The fourth-order valence-corrected chi connectivity index (χ4v) is 3.27. The lowest BCUT2D eigenvalue weighted by Gasteiger charge is -2.24. The average Bonchev–Trinajstić information content (AvgIpc) is 3.33. The van der Waals surface area contributed by atoms with Gasteiger partial charge in [0.25, 0.3) is 5.91 Å². The molecule has 0 bridgehead atoms. The molecule has 0 spiro atoms. The molecule has 1 amide bonds. The van der Waals surface area contributed by atoms with Crippen LogP contribution in [0.4, 0.5) is 0 Å². The summed E-state index contributed by atoms with van der Waals surface area (Å²) in [6.45, 7) is 3.33. The summed E-state index contributed by atoms with van der Waals surface area (Å²) in [5, 5.41) is 12.7. The summed E-state index contributed by atoms with van der Waals surface area (Å²) in [6.07, 6.45) is 5.36. The summed E-state index contributed by atoms with van der Waals surface area (Å²) in [4.78, 5) is 20.4. The number of rotatable bonds is 4. The zero-order valence-electron chi connectivity index (χ0n) is 14.6. The van der Waals surface area contributed by atoms with Gasteiger partial charge in [-0.15, -0.1) is 10.2 Å². The zero-order valence-corrected chi connectivity index (χ0v) is 14.6. The molecule has 2 aromatic heterocycles. The molecule has 3 heterocycles. The zero-order chi connectivity index (χ0) is 17.9. The molecule has 0 saturated carbocycles. The van der Waals surface area contributed by atoms with Gasteiger partial charge < -0.3 is 4.90 Å². The maximum Gasteiger partial charge on any atom is 0.254 e. The number of aromatic nitrogens is 5. The number of carbonyl (C=O) groups excluding carboxylic acids is 1. The van der Waals surface area contributed by atoms with E-state index in [0.717, 1.165) is 36.1 Å². The van der Waals surface area contributed by atoms with Crippen LogP contribution in [0.15, 0.2) is 48.8 Å². The number of tetrazole rings is 1. The topological polar surface area (TPSA) is 76.8 Å². The van der Waals surface area contributed by atoms with Gasteiger partial charge in [0.15, 0.2) is 0 Å². The highest BCUT2D eigenvalue weighted by Crippen LogP contribution is 2.22. The smallest absolute Gasteiger partial charge is 0.254 e. The van der Waals surface area contributed by atoms with E-state index in [1.165, 1.54) is 0 Å². The number of likely N-dealkylation sites (tertiary alicyclic amines) is 1. The molecule has 1 aliphatic rings. The van der Waals surface area contributed by atoms with E-state index in [1.54, 1.807) is 17.2 Å². The van der Waals surface area contributed by atoms with Crippen LogP contribution >= 0.6 is 0 Å². The molecule has 0 aliphatic carbocycles. The maximum absolute atomic E-state index is 12.8. The van der Waals surface area contributed by atoms with Crippen molar-refractivity contribution >= 4 is 5.91 Å². The first kappa shape index (κ1) is 16.4. The van der Waals surface area contributed by atoms with Crippen LogP contribution in [-0.4, -0.2) is 48.6 Å². The van der Waals surface area contributed by atoms with Gasteiger partial charge in [0, 0.05) is 30.1 Å². The van der Waals surface area contributed by atoms with Crippen molar-refractivity contribution < 1.29 is 4.79 Å². The SMILES string of the molecule is Cc1ccc(C(=O)N2CCC[C@H]2Cn2nnc(-c3cccnc3)n2)cc1. The van der Waals surface area contributed by atoms with Gasteiger partial charge in [-0.2, -0.15) is 4.80 Å². The first-order valence-corrected chi connectivity index (χ1v) is 8.76. The van der Waals surface area contributed by atoms with Crippen molar-refractivity contribution in [3.63, 3.8) is 0 Å². The van der Waals surface area contributed by atoms with E-state index in [1.807, 2.05) is 48.2 Å². The molecule has 7 heteroatoms. The van der Waals surface area contributed by atoms with Crippen LogP contribution in [-0.2, 0) is 6.54 Å². The minimum Gasteiger partial charge on any atom is -0.334 e. The molecule has 3 aromatic rings. The van der Waals surface area contributed by atoms with Gasteiger partial charge in [-0.05, 0) is 49.2 Å². The predicted octanol–water partition coefficient (Wildman–Crippen LogP) is 2.35. The number of amides is 1. The molecule has 26 heavy (non-hydrogen) atoms. The number of hydrogen-bond acceptors (Lipinski definition) is 5. The summed E-state index contributed by atoms with van der Waals surface area (Å²) >= 11 is 0. The van der Waals surface area contributed by atoms with Gasteiger partial charge in [-0.3, -0.25) is 9.78 Å². The fraction of sp³-hybridized carbons (Fsp3) is 0.316. The van der Waals surface area contributed by atoms with Crippen molar-refractivity contribution in [2.45, 2.75) is 32.4 Å². The maximum atomic E-state index is 12.8. The molecule has 1 fully saturated rings. The lowest BCUT2D eigenvalue weighted by molar-refractivity contribution is 0.0718. The molecule has 1 atom stereocenters. The number of pyridine rings is 1. The third-order valence-electron chi connectivity index (χ3n) is 4.68. The van der Waals surface area contributed by atoms with Gasteiger partial charge >= 0.3 is 0 Å². The van der Waals surface area contributed by atoms with Gasteiger partial charge in [-0.1, -0.05) is 17.7 Å². The summed E-state index contributed by atoms with van der Waals surface area (Å²) in [5.74, 6) is 0.618. The molecule has 4 rings (SSSR count). The van der Waals surface area contributed by atoms with E-state index < -0.39 is 0 Å². The minimum absolute atomic E-state index is 0.0695. The molecule has 132 valence electrons. The van der Waals surface area contributed by atoms with Crippen LogP contribution in [0.25, 0.3) is 11.4 Å². The largest absolute Gasteiger partial charge is 0.334 e. The Balaban J connectivity index is 1.48. The third kappa shape index (κ3) is 3.33. The fourth-order valence-electron chi connectivity index (χ4n) is 3.27. The van der Waals surface area contributed by atoms with E-state index in [2.05, 4.69) is 20.4 Å². The standard InChI is InChI=1S/C19H20N6O/c1-14-6-8-15(9-7-14)19(26)24-11-3-5-17(24)13-25-22-18(21-23-25)16-4-2-10-20-12-16/h2,4,6-10,12,17H,3,5,11,13H2,1H3/t17-/m0/s1. The highest BCUT2D eigenvalue weighted by molar-refractivity contribution is 5.94. The highest BCUT2D eigenvalue weighted by atomic mass is 16.2. The van der Waals surface area contributed by atoms with E-state index in [0.29, 0.717) is 12.4 Å². The van der Waals surface area contributed by atoms with Crippen LogP contribution in [0.2, 0.25) is 0 Å². The van der Waals surface area contributed by atoms with Crippen molar-refractivity contribution in [2.75, 3.05) is 6.54 Å². The normalized spacial score (nSPS) is 16.8. The number of benzene rings is 1. The quantitative estimate of drug-likeness (QED) is 0.723. The van der Waals surface area contributed by atoms with Gasteiger partial charge in [0.2, 0.25) is 5.82 Å². The Kier molecular flexibility index (Phi) is 4.43. The molecule has 0 unspecified atom stereocenters. The highest BCUT2D eigenvalue weighted by Gasteiger charge is 2.30. The molecule has 0 N–H and O–H groups in total. The van der Waals surface area contributed by atoms with E-state index in [4.69, 9.17) is 0 Å². The van der Waals surface area contributed by atoms with Crippen molar-refractivity contribution in [3.05, 3.63) is 59.9 Å². The predicted molar refractivity (Wildman–Crippen MR) is 96.3 cm³/mol. The summed E-state index contributed by atoms with van der Waals surface area (Å²) in [5.41, 5.74) is 2.71. The second-order valence-corrected chi connectivity index (χ2v) is 6.57. The summed E-state index contributed by atoms with van der Waals surface area (Å²) in [7, 11) is 0. The molecular formula is C19H20N6O. The number of carbonyl (C=O) groups is 1. The Bertz CT molecular complexity index is 890. The minimum atomic E-state index is 0.0695. The van der Waals surface area contributed by atoms with Crippen LogP contribution in [0.1, 0.15) is 28.8 Å². The summed E-state index contributed by atoms with van der Waals surface area (Å²) in [6, 6.07) is 11.5.